The van der Waals surface area contributed by atoms with Gasteiger partial charge in [0, 0.05) is 6.42 Å². The van der Waals surface area contributed by atoms with Crippen molar-refractivity contribution in [3.63, 3.8) is 0 Å². The number of hydrogen-bond donors (Lipinski definition) is 4. The monoisotopic (exact) mass is 541 g/mol. The van der Waals surface area contributed by atoms with Crippen LogP contribution in [0.5, 0.6) is 5.75 Å². The van der Waals surface area contributed by atoms with Crippen molar-refractivity contribution in [2.75, 3.05) is 6.54 Å². The first-order chi connectivity index (χ1) is 18.5. The molecule has 2 atom stereocenters. The molecule has 0 aliphatic rings. The number of unbranched alkanes of at least 4 members (excludes halogenated alkanes) is 1. The van der Waals surface area contributed by atoms with Crippen LogP contribution in [0.25, 0.3) is 0 Å². The van der Waals surface area contributed by atoms with Crippen LogP contribution >= 0.6 is 0 Å². The second-order valence-corrected chi connectivity index (χ2v) is 10.1. The summed E-state index contributed by atoms with van der Waals surface area (Å²) in [6.45, 7) is 6.81. The molecular weight excluding hydrogens is 502 g/mol. The number of rotatable bonds is 13. The van der Waals surface area contributed by atoms with Gasteiger partial charge in [0.15, 0.2) is 0 Å². The molecule has 4 N–H and O–H groups in total. The van der Waals surface area contributed by atoms with Crippen molar-refractivity contribution in [2.45, 2.75) is 77.7 Å². The number of nitrogens with one attached hydrogen (secondary N) is 3. The number of esters is 1. The van der Waals surface area contributed by atoms with Crippen LogP contribution in [0.2, 0.25) is 0 Å². The minimum Gasteiger partial charge on any atom is -0.508 e. The van der Waals surface area contributed by atoms with Crippen LogP contribution in [0.4, 0.5) is 4.79 Å². The van der Waals surface area contributed by atoms with Gasteiger partial charge in [-0.05, 0) is 50.5 Å². The summed E-state index contributed by atoms with van der Waals surface area (Å²) in [4.78, 5) is 50.8. The van der Waals surface area contributed by atoms with Gasteiger partial charge in [-0.2, -0.15) is 0 Å². The number of amides is 3. The average Bonchev–Trinajstić information content (AvgIpc) is 2.88. The van der Waals surface area contributed by atoms with E-state index in [4.69, 9.17) is 9.47 Å². The third kappa shape index (κ3) is 12.3. The van der Waals surface area contributed by atoms with E-state index in [0.29, 0.717) is 18.4 Å². The molecule has 0 aliphatic carbocycles. The molecule has 10 heteroatoms. The summed E-state index contributed by atoms with van der Waals surface area (Å²) in [5.41, 5.74) is 0.727. The van der Waals surface area contributed by atoms with Crippen molar-refractivity contribution in [3.05, 3.63) is 65.7 Å². The van der Waals surface area contributed by atoms with E-state index >= 15 is 0 Å². The van der Waals surface area contributed by atoms with Crippen LogP contribution in [0.3, 0.4) is 0 Å². The van der Waals surface area contributed by atoms with Gasteiger partial charge in [-0.1, -0.05) is 62.2 Å². The molecular formula is C29H39N3O7. The highest BCUT2D eigenvalue weighted by molar-refractivity contribution is 5.92. The first-order valence-corrected chi connectivity index (χ1v) is 13.0. The SMILES string of the molecule is CCCC[C@@H](NC(=O)[C@H](Cc1ccc(O)cc1)NC(=O)OC(C)(C)C)C(=O)NCC(=O)OCc1ccccc1. The fourth-order valence-corrected chi connectivity index (χ4v) is 3.55. The Labute approximate surface area is 229 Å². The molecule has 10 nitrogen and oxygen atoms in total. The molecule has 2 rings (SSSR count). The van der Waals surface area contributed by atoms with Gasteiger partial charge >= 0.3 is 12.1 Å². The molecule has 2 aromatic carbocycles. The van der Waals surface area contributed by atoms with Crippen LogP contribution in [0.15, 0.2) is 54.6 Å². The lowest BCUT2D eigenvalue weighted by Gasteiger charge is -2.25. The highest BCUT2D eigenvalue weighted by Gasteiger charge is 2.28. The first kappa shape index (κ1) is 31.1. The maximum Gasteiger partial charge on any atom is 0.408 e. The third-order valence-electron chi connectivity index (χ3n) is 5.51. The number of aromatic hydroxyl groups is 1. The predicted octanol–water partition coefficient (Wildman–Crippen LogP) is 3.36. The Hall–Kier alpha value is -4.08. The van der Waals surface area contributed by atoms with Crippen molar-refractivity contribution in [3.8, 4) is 5.75 Å². The summed E-state index contributed by atoms with van der Waals surface area (Å²) >= 11 is 0. The molecule has 0 bridgehead atoms. The van der Waals surface area contributed by atoms with E-state index in [2.05, 4.69) is 16.0 Å². The van der Waals surface area contributed by atoms with Gasteiger partial charge < -0.3 is 30.5 Å². The van der Waals surface area contributed by atoms with E-state index in [1.807, 2.05) is 37.3 Å². The molecule has 0 radical (unpaired) electrons. The summed E-state index contributed by atoms with van der Waals surface area (Å²) in [5, 5.41) is 17.4. The van der Waals surface area contributed by atoms with Crippen LogP contribution in [0, 0.1) is 0 Å². The van der Waals surface area contributed by atoms with E-state index in [9.17, 15) is 24.3 Å². The predicted molar refractivity (Wildman–Crippen MR) is 146 cm³/mol. The highest BCUT2D eigenvalue weighted by Crippen LogP contribution is 2.13. The number of ether oxygens (including phenoxy) is 2. The Morgan fingerprint density at radius 3 is 2.15 bits per heavy atom. The number of carbonyl (C=O) groups is 4. The molecule has 0 heterocycles. The van der Waals surface area contributed by atoms with Crippen LogP contribution < -0.4 is 16.0 Å². The lowest BCUT2D eigenvalue weighted by atomic mass is 10.0. The number of carbonyl (C=O) groups excluding carboxylic acids is 4. The van der Waals surface area contributed by atoms with Crippen molar-refractivity contribution in [1.82, 2.24) is 16.0 Å². The first-order valence-electron chi connectivity index (χ1n) is 13.0. The highest BCUT2D eigenvalue weighted by atomic mass is 16.6. The molecule has 0 fully saturated rings. The number of alkyl carbamates (subject to hydrolysis) is 1. The van der Waals surface area contributed by atoms with Gasteiger partial charge in [0.1, 0.15) is 36.6 Å². The van der Waals surface area contributed by atoms with Crippen molar-refractivity contribution in [1.29, 1.82) is 0 Å². The Balaban J connectivity index is 2.05. The topological polar surface area (TPSA) is 143 Å². The standard InChI is InChI=1S/C29H39N3O7/c1-5-6-12-23(26(35)30-18-25(34)38-19-21-10-8-7-9-11-21)31-27(36)24(32-28(37)39-29(2,3)4)17-20-13-15-22(33)16-14-20/h7-11,13-16,23-24,33H,5-6,12,17-19H2,1-4H3,(H,30,35)(H,31,36)(H,32,37)/t23-,24+/m1/s1. The zero-order valence-corrected chi connectivity index (χ0v) is 23.0. The van der Waals surface area contributed by atoms with Gasteiger partial charge in [-0.3, -0.25) is 14.4 Å². The van der Waals surface area contributed by atoms with E-state index < -0.39 is 41.6 Å². The third-order valence-corrected chi connectivity index (χ3v) is 5.51. The van der Waals surface area contributed by atoms with Crippen molar-refractivity contribution < 1.29 is 33.8 Å². The van der Waals surface area contributed by atoms with Gasteiger partial charge in [-0.15, -0.1) is 0 Å². The largest absolute Gasteiger partial charge is 0.508 e. The molecule has 0 saturated carbocycles. The maximum absolute atomic E-state index is 13.3. The Morgan fingerprint density at radius 2 is 1.54 bits per heavy atom. The zero-order chi connectivity index (χ0) is 28.8. The van der Waals surface area contributed by atoms with Crippen LogP contribution in [-0.2, 0) is 36.9 Å². The lowest BCUT2D eigenvalue weighted by molar-refractivity contribution is -0.145. The number of hydrogen-bond acceptors (Lipinski definition) is 7. The summed E-state index contributed by atoms with van der Waals surface area (Å²) in [7, 11) is 0. The van der Waals surface area contributed by atoms with E-state index in [0.717, 1.165) is 12.0 Å². The van der Waals surface area contributed by atoms with E-state index in [-0.39, 0.29) is 25.3 Å². The quantitative estimate of drug-likeness (QED) is 0.285. The molecule has 0 aliphatic heterocycles. The van der Waals surface area contributed by atoms with Gasteiger partial charge in [-0.25, -0.2) is 4.79 Å². The summed E-state index contributed by atoms with van der Waals surface area (Å²) in [5.74, 6) is -1.66. The van der Waals surface area contributed by atoms with Gasteiger partial charge in [0.05, 0.1) is 0 Å². The minimum absolute atomic E-state index is 0.0680. The van der Waals surface area contributed by atoms with Crippen LogP contribution in [0.1, 0.15) is 58.1 Å². The van der Waals surface area contributed by atoms with Gasteiger partial charge in [0.25, 0.3) is 0 Å². The van der Waals surface area contributed by atoms with Crippen LogP contribution in [-0.4, -0.2) is 53.2 Å². The Morgan fingerprint density at radius 1 is 0.872 bits per heavy atom. The number of phenols is 1. The molecule has 0 aromatic heterocycles. The maximum atomic E-state index is 13.3. The smallest absolute Gasteiger partial charge is 0.408 e. The Kier molecular flexibility index (Phi) is 12.3. The average molecular weight is 542 g/mol. The summed E-state index contributed by atoms with van der Waals surface area (Å²) in [6.07, 6.45) is 1.09. The molecule has 3 amide bonds. The fraction of sp³-hybridized carbons (Fsp3) is 0.448. The van der Waals surface area contributed by atoms with Crippen molar-refractivity contribution in [2.24, 2.45) is 0 Å². The second-order valence-electron chi connectivity index (χ2n) is 10.1. The molecule has 39 heavy (non-hydrogen) atoms. The number of benzene rings is 2. The van der Waals surface area contributed by atoms with E-state index in [1.54, 1.807) is 32.9 Å². The minimum atomic E-state index is -1.06. The van der Waals surface area contributed by atoms with Gasteiger partial charge in [0.2, 0.25) is 11.8 Å². The van der Waals surface area contributed by atoms with E-state index in [1.165, 1.54) is 12.1 Å². The molecule has 0 spiro atoms. The zero-order valence-electron chi connectivity index (χ0n) is 23.0. The molecule has 0 saturated heterocycles. The Bertz CT molecular complexity index is 1080. The molecule has 212 valence electrons. The summed E-state index contributed by atoms with van der Waals surface area (Å²) in [6, 6.07) is 13.4. The summed E-state index contributed by atoms with van der Waals surface area (Å²) < 4.78 is 10.5. The fourth-order valence-electron chi connectivity index (χ4n) is 3.55. The molecule has 0 unspecified atom stereocenters. The lowest BCUT2D eigenvalue weighted by Crippen LogP contribution is -2.55. The molecule has 2 aromatic rings. The normalized spacial score (nSPS) is 12.5. The van der Waals surface area contributed by atoms with Crippen molar-refractivity contribution >= 4 is 23.9 Å². The number of phenolic OH excluding ortho intramolecular Hbond substituents is 1. The second kappa shape index (κ2) is 15.4.